The van der Waals surface area contributed by atoms with Crippen molar-refractivity contribution in [1.29, 1.82) is 0 Å². The number of carbonyl (C=O) groups is 1. The Bertz CT molecular complexity index is 759. The Morgan fingerprint density at radius 3 is 2.84 bits per heavy atom. The Kier molecular flexibility index (Phi) is 4.40. The summed E-state index contributed by atoms with van der Waals surface area (Å²) in [5.74, 6) is 0.630. The van der Waals surface area contributed by atoms with Crippen molar-refractivity contribution in [3.05, 3.63) is 29.6 Å². The highest BCUT2D eigenvalue weighted by molar-refractivity contribution is 5.95. The van der Waals surface area contributed by atoms with Crippen molar-refractivity contribution in [3.8, 4) is 0 Å². The summed E-state index contributed by atoms with van der Waals surface area (Å²) in [5.41, 5.74) is 0.210. The molecule has 1 aliphatic rings. The lowest BCUT2D eigenvalue weighted by Gasteiger charge is -2.39. The number of hydrogen-bond acceptors (Lipinski definition) is 5. The van der Waals surface area contributed by atoms with Crippen LogP contribution in [0, 0.1) is 0 Å². The Labute approximate surface area is 147 Å². The molecule has 0 spiro atoms. The van der Waals surface area contributed by atoms with Crippen LogP contribution in [0.2, 0.25) is 0 Å². The molecule has 1 amide bonds. The van der Waals surface area contributed by atoms with Gasteiger partial charge in [-0.2, -0.15) is 5.10 Å². The fourth-order valence-electron chi connectivity index (χ4n) is 3.38. The van der Waals surface area contributed by atoms with Crippen LogP contribution in [-0.4, -0.2) is 59.6 Å². The first-order valence-electron chi connectivity index (χ1n) is 8.58. The fraction of sp³-hybridized carbons (Fsp3) is 0.647. The maximum Gasteiger partial charge on any atom is 0.257 e. The highest BCUT2D eigenvalue weighted by Crippen LogP contribution is 2.28. The number of H-pyrrole nitrogens is 1. The largest absolute Gasteiger partial charge is 0.388 e. The highest BCUT2D eigenvalue weighted by Gasteiger charge is 2.38. The van der Waals surface area contributed by atoms with Crippen molar-refractivity contribution < 1.29 is 9.90 Å². The van der Waals surface area contributed by atoms with E-state index >= 15 is 0 Å². The van der Waals surface area contributed by atoms with Crippen LogP contribution in [0.4, 0.5) is 0 Å². The Balaban J connectivity index is 1.78. The Morgan fingerprint density at radius 2 is 2.20 bits per heavy atom. The number of likely N-dealkylation sites (tertiary alicyclic amines) is 1. The summed E-state index contributed by atoms with van der Waals surface area (Å²) in [7, 11) is 1.85. The average molecular weight is 346 g/mol. The molecule has 2 N–H and O–H groups in total. The third kappa shape index (κ3) is 3.58. The minimum Gasteiger partial charge on any atom is -0.388 e. The van der Waals surface area contributed by atoms with E-state index in [1.165, 1.54) is 0 Å². The molecule has 0 saturated carbocycles. The number of aryl methyl sites for hydroxylation is 1. The lowest BCUT2D eigenvalue weighted by Crippen LogP contribution is -2.52. The maximum atomic E-state index is 13.0. The van der Waals surface area contributed by atoms with Gasteiger partial charge in [-0.15, -0.1) is 10.2 Å². The second-order valence-electron chi connectivity index (χ2n) is 8.00. The molecule has 2 aromatic heterocycles. The van der Waals surface area contributed by atoms with Gasteiger partial charge >= 0.3 is 0 Å². The van der Waals surface area contributed by atoms with Crippen molar-refractivity contribution in [2.75, 3.05) is 13.1 Å². The van der Waals surface area contributed by atoms with Crippen LogP contribution in [0.25, 0.3) is 0 Å². The molecule has 3 rings (SSSR count). The van der Waals surface area contributed by atoms with E-state index in [-0.39, 0.29) is 17.9 Å². The number of piperidine rings is 1. The average Bonchev–Trinajstić information content (AvgIpc) is 3.16. The molecular formula is C17H26N6O2. The first-order valence-corrected chi connectivity index (χ1v) is 8.58. The topological polar surface area (TPSA) is 99.9 Å². The van der Waals surface area contributed by atoms with Gasteiger partial charge < -0.3 is 14.6 Å². The van der Waals surface area contributed by atoms with Crippen LogP contribution < -0.4 is 0 Å². The first kappa shape index (κ1) is 17.6. The van der Waals surface area contributed by atoms with Gasteiger partial charge in [-0.05, 0) is 12.8 Å². The third-order valence-electron chi connectivity index (χ3n) is 4.75. The van der Waals surface area contributed by atoms with Crippen molar-refractivity contribution in [2.24, 2.45) is 7.05 Å². The number of carbonyl (C=O) groups excluding carboxylic acids is 1. The predicted octanol–water partition coefficient (Wildman–Crippen LogP) is 1.05. The van der Waals surface area contributed by atoms with Crippen LogP contribution >= 0.6 is 0 Å². The molecule has 2 aromatic rings. The summed E-state index contributed by atoms with van der Waals surface area (Å²) in [6.45, 7) is 7.04. The molecule has 3 heterocycles. The lowest BCUT2D eigenvalue weighted by molar-refractivity contribution is -0.0258. The third-order valence-corrected chi connectivity index (χ3v) is 4.75. The van der Waals surface area contributed by atoms with Crippen LogP contribution in [-0.2, 0) is 18.9 Å². The molecular weight excluding hydrogens is 320 g/mol. The number of hydrogen-bond donors (Lipinski definition) is 2. The Hall–Kier alpha value is -2.22. The molecule has 0 aliphatic carbocycles. The summed E-state index contributed by atoms with van der Waals surface area (Å²) in [5, 5.41) is 25.9. The Morgan fingerprint density at radius 1 is 1.44 bits per heavy atom. The van der Waals surface area contributed by atoms with Gasteiger partial charge in [0.1, 0.15) is 12.2 Å². The molecule has 1 aliphatic heterocycles. The molecule has 0 radical (unpaired) electrons. The standard InChI is InChI=1S/C17H26N6O2/c1-16(2,3)14-12(9-18-21-14)15(24)23-7-5-6-17(25,10-23)8-13-20-19-11-22(13)4/h9,11,25H,5-8,10H2,1-4H3,(H,18,21). The molecule has 1 saturated heterocycles. The SMILES string of the molecule is Cn1cnnc1CC1(O)CCCN(C(=O)c2cn[nH]c2C(C)(C)C)C1. The van der Waals surface area contributed by atoms with Gasteiger partial charge in [-0.25, -0.2) is 0 Å². The van der Waals surface area contributed by atoms with Gasteiger partial charge in [0, 0.05) is 25.4 Å². The van der Waals surface area contributed by atoms with Crippen LogP contribution in [0.5, 0.6) is 0 Å². The summed E-state index contributed by atoms with van der Waals surface area (Å²) >= 11 is 0. The van der Waals surface area contributed by atoms with Crippen molar-refractivity contribution >= 4 is 5.91 Å². The second kappa shape index (κ2) is 6.25. The van der Waals surface area contributed by atoms with Gasteiger partial charge in [0.2, 0.25) is 0 Å². The summed E-state index contributed by atoms with van der Waals surface area (Å²) in [6.07, 6.45) is 4.97. The van der Waals surface area contributed by atoms with Gasteiger partial charge in [0.15, 0.2) is 0 Å². The van der Waals surface area contributed by atoms with E-state index in [2.05, 4.69) is 20.4 Å². The minimum atomic E-state index is -0.986. The lowest BCUT2D eigenvalue weighted by atomic mass is 9.87. The monoisotopic (exact) mass is 346 g/mol. The molecule has 8 nitrogen and oxygen atoms in total. The number of rotatable bonds is 3. The molecule has 1 fully saturated rings. The normalized spacial score (nSPS) is 21.6. The van der Waals surface area contributed by atoms with Crippen molar-refractivity contribution in [2.45, 2.75) is 51.0 Å². The predicted molar refractivity (Wildman–Crippen MR) is 92.1 cm³/mol. The van der Waals surface area contributed by atoms with E-state index in [9.17, 15) is 9.90 Å². The first-order chi connectivity index (χ1) is 11.7. The van der Waals surface area contributed by atoms with E-state index < -0.39 is 5.60 Å². The van der Waals surface area contributed by atoms with E-state index in [4.69, 9.17) is 0 Å². The number of amides is 1. The van der Waals surface area contributed by atoms with Crippen LogP contribution in [0.1, 0.15) is 55.5 Å². The summed E-state index contributed by atoms with van der Waals surface area (Å²) in [6, 6.07) is 0. The van der Waals surface area contributed by atoms with Gasteiger partial charge in [0.25, 0.3) is 5.91 Å². The number of β-amino-alcohol motifs (C(OH)–C–C–N with tert-alkyl or cyclic N) is 1. The number of aromatic nitrogens is 5. The molecule has 0 bridgehead atoms. The molecule has 136 valence electrons. The van der Waals surface area contributed by atoms with Crippen molar-refractivity contribution in [3.63, 3.8) is 0 Å². The smallest absolute Gasteiger partial charge is 0.257 e. The summed E-state index contributed by atoms with van der Waals surface area (Å²) < 4.78 is 1.80. The van der Waals surface area contributed by atoms with Gasteiger partial charge in [0.05, 0.1) is 29.6 Å². The fourth-order valence-corrected chi connectivity index (χ4v) is 3.38. The number of nitrogens with one attached hydrogen (secondary N) is 1. The molecule has 8 heteroatoms. The second-order valence-corrected chi connectivity index (χ2v) is 8.00. The van der Waals surface area contributed by atoms with E-state index in [0.717, 1.165) is 17.9 Å². The highest BCUT2D eigenvalue weighted by atomic mass is 16.3. The quantitative estimate of drug-likeness (QED) is 0.865. The zero-order valence-corrected chi connectivity index (χ0v) is 15.3. The van der Waals surface area contributed by atoms with E-state index in [1.54, 1.807) is 22.0 Å². The minimum absolute atomic E-state index is 0.0882. The van der Waals surface area contributed by atoms with Gasteiger partial charge in [-0.1, -0.05) is 20.8 Å². The number of nitrogens with zero attached hydrogens (tertiary/aromatic N) is 5. The van der Waals surface area contributed by atoms with Gasteiger partial charge in [-0.3, -0.25) is 9.89 Å². The zero-order chi connectivity index (χ0) is 18.2. The van der Waals surface area contributed by atoms with Crippen molar-refractivity contribution in [1.82, 2.24) is 29.9 Å². The molecule has 1 atom stereocenters. The van der Waals surface area contributed by atoms with E-state index in [0.29, 0.717) is 24.9 Å². The van der Waals surface area contributed by atoms with E-state index in [1.807, 2.05) is 27.8 Å². The van der Waals surface area contributed by atoms with Crippen LogP contribution in [0.3, 0.4) is 0 Å². The molecule has 1 unspecified atom stereocenters. The zero-order valence-electron chi connectivity index (χ0n) is 15.3. The molecule has 25 heavy (non-hydrogen) atoms. The maximum absolute atomic E-state index is 13.0. The molecule has 0 aromatic carbocycles. The number of aromatic amines is 1. The number of aliphatic hydroxyl groups is 1. The summed E-state index contributed by atoms with van der Waals surface area (Å²) in [4.78, 5) is 14.7. The van der Waals surface area contributed by atoms with Crippen LogP contribution in [0.15, 0.2) is 12.5 Å².